The van der Waals surface area contributed by atoms with Crippen molar-refractivity contribution in [2.24, 2.45) is 0 Å². The molecule has 0 radical (unpaired) electrons. The van der Waals surface area contributed by atoms with Crippen LogP contribution in [-0.4, -0.2) is 45.5 Å². The summed E-state index contributed by atoms with van der Waals surface area (Å²) < 4.78 is 5.54. The van der Waals surface area contributed by atoms with Crippen molar-refractivity contribution in [1.82, 2.24) is 19.9 Å². The van der Waals surface area contributed by atoms with E-state index < -0.39 is 0 Å². The molecule has 1 fully saturated rings. The summed E-state index contributed by atoms with van der Waals surface area (Å²) in [7, 11) is 0. The highest BCUT2D eigenvalue weighted by atomic mass is 16.5. The second-order valence-corrected chi connectivity index (χ2v) is 8.35. The third kappa shape index (κ3) is 5.09. The first kappa shape index (κ1) is 21.7. The topological polar surface area (TPSA) is 108 Å². The Morgan fingerprint density at radius 3 is 2.65 bits per heavy atom. The van der Waals surface area contributed by atoms with Gasteiger partial charge in [-0.3, -0.25) is 10.1 Å². The van der Waals surface area contributed by atoms with Crippen LogP contribution in [0.4, 0.5) is 23.4 Å². The van der Waals surface area contributed by atoms with Crippen molar-refractivity contribution < 1.29 is 9.53 Å². The first-order chi connectivity index (χ1) is 16.6. The molecule has 0 bridgehead atoms. The molecular weight excluding hydrogens is 430 g/mol. The Kier molecular flexibility index (Phi) is 6.24. The van der Waals surface area contributed by atoms with Crippen molar-refractivity contribution in [3.8, 4) is 5.75 Å². The number of ether oxygens (including phenoxy) is 1. The zero-order chi connectivity index (χ0) is 23.3. The van der Waals surface area contributed by atoms with E-state index in [1.165, 1.54) is 6.42 Å². The Morgan fingerprint density at radius 1 is 1.03 bits per heavy atom. The van der Waals surface area contributed by atoms with Gasteiger partial charge in [0.25, 0.3) is 5.91 Å². The minimum Gasteiger partial charge on any atom is -0.484 e. The van der Waals surface area contributed by atoms with Crippen LogP contribution < -0.4 is 20.3 Å². The van der Waals surface area contributed by atoms with Gasteiger partial charge in [0.15, 0.2) is 18.1 Å². The molecule has 4 aromatic rings. The fourth-order valence-corrected chi connectivity index (χ4v) is 4.02. The quantitative estimate of drug-likeness (QED) is 0.377. The minimum atomic E-state index is -0.332. The van der Waals surface area contributed by atoms with Crippen LogP contribution in [0.2, 0.25) is 0 Å². The van der Waals surface area contributed by atoms with Crippen molar-refractivity contribution in [2.45, 2.75) is 26.2 Å². The van der Waals surface area contributed by atoms with E-state index in [0.717, 1.165) is 48.5 Å². The number of H-pyrrole nitrogens is 1. The molecule has 1 aliphatic heterocycles. The van der Waals surface area contributed by atoms with Crippen molar-refractivity contribution in [3.63, 3.8) is 0 Å². The van der Waals surface area contributed by atoms with Crippen LogP contribution in [0.5, 0.6) is 5.75 Å². The molecule has 5 rings (SSSR count). The van der Waals surface area contributed by atoms with Crippen molar-refractivity contribution in [3.05, 3.63) is 60.2 Å². The standard InChI is InChI=1S/C25H27N7O2/c1-17-9-8-10-18(15-17)26-24-28-21-22(29-24)30-25(31-23(21)32-13-6-3-7-14-32)27-20(33)16-34-19-11-4-2-5-12-19/h2,4-5,8-12,15H,3,6-7,13-14,16H2,1H3,(H3,26,27,28,29,30,31,33). The molecule has 2 aromatic carbocycles. The van der Waals surface area contributed by atoms with Gasteiger partial charge in [-0.15, -0.1) is 0 Å². The Morgan fingerprint density at radius 2 is 1.85 bits per heavy atom. The van der Waals surface area contributed by atoms with Crippen LogP contribution in [-0.2, 0) is 4.79 Å². The van der Waals surface area contributed by atoms with Gasteiger partial charge in [-0.05, 0) is 56.0 Å². The lowest BCUT2D eigenvalue weighted by Gasteiger charge is -2.28. The van der Waals surface area contributed by atoms with E-state index in [-0.39, 0.29) is 18.5 Å². The fourth-order valence-electron chi connectivity index (χ4n) is 4.02. The monoisotopic (exact) mass is 457 g/mol. The molecule has 2 aromatic heterocycles. The molecule has 34 heavy (non-hydrogen) atoms. The molecule has 0 atom stereocenters. The summed E-state index contributed by atoms with van der Waals surface area (Å²) in [6, 6.07) is 17.3. The van der Waals surface area contributed by atoms with Gasteiger partial charge in [-0.1, -0.05) is 30.3 Å². The highest BCUT2D eigenvalue weighted by Crippen LogP contribution is 2.28. The molecule has 0 saturated carbocycles. The summed E-state index contributed by atoms with van der Waals surface area (Å²) in [5.74, 6) is 1.82. The minimum absolute atomic E-state index is 0.134. The summed E-state index contributed by atoms with van der Waals surface area (Å²) in [5.41, 5.74) is 3.32. The number of rotatable bonds is 7. The summed E-state index contributed by atoms with van der Waals surface area (Å²) in [4.78, 5) is 31.9. The van der Waals surface area contributed by atoms with E-state index in [1.54, 1.807) is 12.1 Å². The average Bonchev–Trinajstić information content (AvgIpc) is 3.25. The molecule has 1 amide bonds. The van der Waals surface area contributed by atoms with Gasteiger partial charge < -0.3 is 19.9 Å². The molecule has 1 aliphatic rings. The number of aromatic nitrogens is 4. The third-order valence-corrected chi connectivity index (χ3v) is 5.63. The molecule has 0 unspecified atom stereocenters. The Bertz CT molecular complexity index is 1280. The van der Waals surface area contributed by atoms with E-state index in [2.05, 4.69) is 35.5 Å². The molecule has 9 heteroatoms. The van der Waals surface area contributed by atoms with Gasteiger partial charge in [0.2, 0.25) is 11.9 Å². The number of imidazole rings is 1. The molecule has 9 nitrogen and oxygen atoms in total. The Hall–Kier alpha value is -4.14. The number of para-hydroxylation sites is 1. The molecule has 3 heterocycles. The lowest BCUT2D eigenvalue weighted by molar-refractivity contribution is -0.118. The molecule has 1 saturated heterocycles. The summed E-state index contributed by atoms with van der Waals surface area (Å²) in [6.07, 6.45) is 3.40. The number of benzene rings is 2. The van der Waals surface area contributed by atoms with Crippen LogP contribution in [0, 0.1) is 6.92 Å². The van der Waals surface area contributed by atoms with E-state index in [4.69, 9.17) is 4.74 Å². The zero-order valence-corrected chi connectivity index (χ0v) is 19.0. The van der Waals surface area contributed by atoms with E-state index in [9.17, 15) is 4.79 Å². The number of hydrogen-bond donors (Lipinski definition) is 3. The third-order valence-electron chi connectivity index (χ3n) is 5.63. The number of hydrogen-bond acceptors (Lipinski definition) is 7. The number of nitrogens with zero attached hydrogens (tertiary/aromatic N) is 4. The predicted molar refractivity (Wildman–Crippen MR) is 133 cm³/mol. The van der Waals surface area contributed by atoms with Gasteiger partial charge in [0, 0.05) is 18.8 Å². The molecular formula is C25H27N7O2. The van der Waals surface area contributed by atoms with Gasteiger partial charge in [-0.2, -0.15) is 15.0 Å². The fraction of sp³-hybridized carbons (Fsp3) is 0.280. The van der Waals surface area contributed by atoms with Gasteiger partial charge in [0.1, 0.15) is 11.3 Å². The first-order valence-corrected chi connectivity index (χ1v) is 11.5. The average molecular weight is 458 g/mol. The maximum atomic E-state index is 12.5. The van der Waals surface area contributed by atoms with Crippen LogP contribution in [0.1, 0.15) is 24.8 Å². The van der Waals surface area contributed by atoms with Crippen molar-refractivity contribution in [2.75, 3.05) is 35.2 Å². The summed E-state index contributed by atoms with van der Waals surface area (Å²) >= 11 is 0. The van der Waals surface area contributed by atoms with E-state index in [0.29, 0.717) is 17.3 Å². The second-order valence-electron chi connectivity index (χ2n) is 8.35. The number of carbonyl (C=O) groups excluding carboxylic acids is 1. The normalized spacial score (nSPS) is 13.6. The highest BCUT2D eigenvalue weighted by Gasteiger charge is 2.21. The van der Waals surface area contributed by atoms with Gasteiger partial charge in [-0.25, -0.2) is 0 Å². The predicted octanol–water partition coefficient (Wildman–Crippen LogP) is 4.41. The number of piperidine rings is 1. The second kappa shape index (κ2) is 9.78. The number of nitrogens with one attached hydrogen (secondary N) is 3. The largest absolute Gasteiger partial charge is 0.484 e. The van der Waals surface area contributed by atoms with Crippen LogP contribution in [0.15, 0.2) is 54.6 Å². The number of anilines is 4. The van der Waals surface area contributed by atoms with Crippen LogP contribution >= 0.6 is 0 Å². The zero-order valence-electron chi connectivity index (χ0n) is 19.0. The highest BCUT2D eigenvalue weighted by molar-refractivity contribution is 5.93. The van der Waals surface area contributed by atoms with Crippen molar-refractivity contribution in [1.29, 1.82) is 0 Å². The molecule has 3 N–H and O–H groups in total. The number of fused-ring (bicyclic) bond motifs is 1. The number of aromatic amines is 1. The molecule has 0 aliphatic carbocycles. The number of aryl methyl sites for hydroxylation is 1. The summed E-state index contributed by atoms with van der Waals surface area (Å²) in [5, 5.41) is 6.07. The maximum absolute atomic E-state index is 12.5. The number of carbonyl (C=O) groups is 1. The first-order valence-electron chi connectivity index (χ1n) is 11.5. The smallest absolute Gasteiger partial charge is 0.264 e. The van der Waals surface area contributed by atoms with Gasteiger partial charge in [0.05, 0.1) is 0 Å². The molecule has 174 valence electrons. The Balaban J connectivity index is 1.40. The SMILES string of the molecule is Cc1cccc(Nc2nc3nc(NC(=O)COc4ccccc4)nc(N4CCCCC4)c3[nH]2)c1. The maximum Gasteiger partial charge on any atom is 0.264 e. The van der Waals surface area contributed by atoms with Crippen LogP contribution in [0.3, 0.4) is 0 Å². The van der Waals surface area contributed by atoms with E-state index >= 15 is 0 Å². The lowest BCUT2D eigenvalue weighted by atomic mass is 10.1. The van der Waals surface area contributed by atoms with Crippen molar-refractivity contribution >= 4 is 40.5 Å². The summed E-state index contributed by atoms with van der Waals surface area (Å²) in [6.45, 7) is 3.71. The number of amides is 1. The molecule has 0 spiro atoms. The van der Waals surface area contributed by atoms with E-state index in [1.807, 2.05) is 49.4 Å². The van der Waals surface area contributed by atoms with Gasteiger partial charge >= 0.3 is 0 Å². The lowest BCUT2D eigenvalue weighted by Crippen LogP contribution is -2.31. The van der Waals surface area contributed by atoms with Crippen LogP contribution in [0.25, 0.3) is 11.2 Å². The Labute approximate surface area is 197 Å².